The molecular formula is C27H29F5N4O2. The summed E-state index contributed by atoms with van der Waals surface area (Å²) in [6.07, 6.45) is -1.88. The van der Waals surface area contributed by atoms with Gasteiger partial charge < -0.3 is 20.3 Å². The van der Waals surface area contributed by atoms with Crippen LogP contribution >= 0.6 is 0 Å². The van der Waals surface area contributed by atoms with Gasteiger partial charge in [0.25, 0.3) is 12.0 Å². The minimum atomic E-state index is -4.34. The molecule has 11 heteroatoms. The van der Waals surface area contributed by atoms with Crippen molar-refractivity contribution < 1.29 is 31.5 Å². The van der Waals surface area contributed by atoms with Crippen LogP contribution in [0.2, 0.25) is 0 Å². The molecule has 0 bridgehead atoms. The molecule has 0 atom stereocenters. The molecule has 3 fully saturated rings. The molecule has 2 saturated carbocycles. The Labute approximate surface area is 217 Å². The van der Waals surface area contributed by atoms with Crippen molar-refractivity contribution in [3.05, 3.63) is 53.6 Å². The third-order valence-electron chi connectivity index (χ3n) is 7.59. The Morgan fingerprint density at radius 3 is 2.47 bits per heavy atom. The van der Waals surface area contributed by atoms with Crippen LogP contribution in [0.5, 0.6) is 5.88 Å². The van der Waals surface area contributed by atoms with Crippen LogP contribution < -0.4 is 20.3 Å². The van der Waals surface area contributed by atoms with Crippen LogP contribution in [0.1, 0.15) is 55.3 Å². The van der Waals surface area contributed by atoms with Crippen molar-refractivity contribution in [3.8, 4) is 5.88 Å². The fourth-order valence-electron chi connectivity index (χ4n) is 5.02. The molecule has 1 aliphatic heterocycles. The number of carbonyl (C=O) groups is 1. The van der Waals surface area contributed by atoms with Crippen LogP contribution in [-0.2, 0) is 0 Å². The lowest BCUT2D eigenvalue weighted by molar-refractivity contribution is -0.139. The number of nitrogens with zero attached hydrogens (tertiary/aromatic N) is 2. The number of nitrogens with one attached hydrogen (secondary N) is 2. The molecule has 38 heavy (non-hydrogen) atoms. The van der Waals surface area contributed by atoms with Gasteiger partial charge in [-0.1, -0.05) is 6.07 Å². The van der Waals surface area contributed by atoms with Gasteiger partial charge in [-0.3, -0.25) is 4.79 Å². The summed E-state index contributed by atoms with van der Waals surface area (Å²) in [5, 5.41) is 6.02. The van der Waals surface area contributed by atoms with Crippen LogP contribution in [0.3, 0.4) is 0 Å². The van der Waals surface area contributed by atoms with Crippen LogP contribution in [-0.4, -0.2) is 42.8 Å². The van der Waals surface area contributed by atoms with Crippen molar-refractivity contribution in [2.45, 2.75) is 57.2 Å². The second kappa shape index (κ2) is 10.4. The number of pyridine rings is 1. The molecule has 1 aromatic heterocycles. The normalized spacial score (nSPS) is 20.1. The van der Waals surface area contributed by atoms with Crippen molar-refractivity contribution in [1.29, 1.82) is 0 Å². The van der Waals surface area contributed by atoms with E-state index in [-0.39, 0.29) is 23.3 Å². The maximum absolute atomic E-state index is 13.3. The van der Waals surface area contributed by atoms with Gasteiger partial charge in [0.05, 0.1) is 24.3 Å². The molecule has 1 amide bonds. The summed E-state index contributed by atoms with van der Waals surface area (Å²) in [4.78, 5) is 19.6. The van der Waals surface area contributed by atoms with E-state index in [1.165, 1.54) is 25.0 Å². The van der Waals surface area contributed by atoms with Gasteiger partial charge in [0.15, 0.2) is 0 Å². The minimum Gasteiger partial charge on any atom is -0.477 e. The Hall–Kier alpha value is -3.37. The van der Waals surface area contributed by atoms with E-state index in [4.69, 9.17) is 4.74 Å². The predicted molar refractivity (Wildman–Crippen MR) is 134 cm³/mol. The second-order valence-corrected chi connectivity index (χ2v) is 10.4. The number of anilines is 3. The van der Waals surface area contributed by atoms with E-state index in [2.05, 4.69) is 20.5 Å². The molecule has 2 aromatic rings. The molecular weight excluding hydrogens is 507 g/mol. The zero-order valence-electron chi connectivity index (χ0n) is 20.7. The molecule has 0 unspecified atom stereocenters. The van der Waals surface area contributed by atoms with E-state index < -0.39 is 31.2 Å². The fourth-order valence-corrected chi connectivity index (χ4v) is 5.02. The Morgan fingerprint density at radius 2 is 1.82 bits per heavy atom. The summed E-state index contributed by atoms with van der Waals surface area (Å²) in [5.74, 6) is -0.270. The number of carbonyl (C=O) groups excluding carboxylic acids is 1. The first-order valence-electron chi connectivity index (χ1n) is 12.8. The fraction of sp³-hybridized carbons (Fsp3) is 0.481. The number of hydrogen-bond donors (Lipinski definition) is 2. The summed E-state index contributed by atoms with van der Waals surface area (Å²) < 4.78 is 67.8. The number of piperidine rings is 1. The summed E-state index contributed by atoms with van der Waals surface area (Å²) in [6.45, 7) is 1.06. The van der Waals surface area contributed by atoms with E-state index in [1.54, 1.807) is 18.2 Å². The van der Waals surface area contributed by atoms with Gasteiger partial charge in [-0.05, 0) is 73.8 Å². The zero-order chi connectivity index (χ0) is 26.9. The molecule has 2 heterocycles. The molecule has 6 nitrogen and oxygen atoms in total. The van der Waals surface area contributed by atoms with Gasteiger partial charge in [-0.15, -0.1) is 0 Å². The third kappa shape index (κ3) is 6.36. The Kier molecular flexibility index (Phi) is 7.19. The predicted octanol–water partition coefficient (Wildman–Crippen LogP) is 6.77. The van der Waals surface area contributed by atoms with Crippen LogP contribution in [0.4, 0.5) is 39.1 Å². The largest absolute Gasteiger partial charge is 0.477 e. The van der Waals surface area contributed by atoms with Crippen molar-refractivity contribution in [2.75, 3.05) is 35.2 Å². The third-order valence-corrected chi connectivity index (χ3v) is 7.59. The first kappa shape index (κ1) is 26.2. The highest BCUT2D eigenvalue weighted by Crippen LogP contribution is 2.54. The van der Waals surface area contributed by atoms with Crippen molar-refractivity contribution in [1.82, 2.24) is 4.98 Å². The maximum atomic E-state index is 13.3. The monoisotopic (exact) mass is 536 g/mol. The average molecular weight is 537 g/mol. The minimum absolute atomic E-state index is 0.0174. The number of hydrogen-bond acceptors (Lipinski definition) is 5. The second-order valence-electron chi connectivity index (χ2n) is 10.4. The number of ether oxygens (including phenoxy) is 1. The molecule has 0 radical (unpaired) electrons. The molecule has 2 aliphatic carbocycles. The molecule has 204 valence electrons. The zero-order valence-corrected chi connectivity index (χ0v) is 20.7. The lowest BCUT2D eigenvalue weighted by Gasteiger charge is -2.35. The molecule has 1 saturated heterocycles. The first-order chi connectivity index (χ1) is 18.1. The van der Waals surface area contributed by atoms with Crippen molar-refractivity contribution in [3.63, 3.8) is 0 Å². The van der Waals surface area contributed by atoms with Crippen LogP contribution in [0.15, 0.2) is 48.1 Å². The van der Waals surface area contributed by atoms with Crippen LogP contribution in [0.25, 0.3) is 0 Å². The maximum Gasteiger partial charge on any atom is 0.392 e. The Balaban J connectivity index is 1.30. The highest BCUT2D eigenvalue weighted by Gasteiger charge is 2.44. The number of aromatic nitrogens is 1. The van der Waals surface area contributed by atoms with Gasteiger partial charge in [0.1, 0.15) is 5.82 Å². The summed E-state index contributed by atoms with van der Waals surface area (Å²) in [7, 11) is 0. The first-order valence-corrected chi connectivity index (χ1v) is 12.8. The lowest BCUT2D eigenvalue weighted by atomic mass is 9.87. The SMILES string of the molecule is O=C(Nc1cccc(OCCC(F)(F)F)n1)c1ccc(NC2CC(=C(F)F)C2)cc1N1CCC2(CC1)CC2. The van der Waals surface area contributed by atoms with Crippen LogP contribution in [0, 0.1) is 5.41 Å². The summed E-state index contributed by atoms with van der Waals surface area (Å²) in [6, 6.07) is 9.76. The van der Waals surface area contributed by atoms with E-state index in [0.29, 0.717) is 23.8 Å². The Bertz CT molecular complexity index is 1210. The number of benzene rings is 1. The quantitative estimate of drug-likeness (QED) is 0.365. The standard InChI is InChI=1S/C27H29F5N4O2/c28-24(29)17-14-19(15-17)33-18-4-5-20(21(16-18)36-11-8-26(6-7-26)9-12-36)25(37)35-22-2-1-3-23(34-22)38-13-10-27(30,31)32/h1-5,16,19,33H,6-15H2,(H,34,35,37). The van der Waals surface area contributed by atoms with E-state index in [0.717, 1.165) is 37.3 Å². The van der Waals surface area contributed by atoms with Gasteiger partial charge in [-0.25, -0.2) is 0 Å². The van der Waals surface area contributed by atoms with E-state index >= 15 is 0 Å². The highest BCUT2D eigenvalue weighted by atomic mass is 19.4. The Morgan fingerprint density at radius 1 is 1.08 bits per heavy atom. The molecule has 2 N–H and O–H groups in total. The van der Waals surface area contributed by atoms with Crippen molar-refractivity contribution in [2.24, 2.45) is 5.41 Å². The van der Waals surface area contributed by atoms with E-state index in [9.17, 15) is 26.7 Å². The van der Waals surface area contributed by atoms with Crippen molar-refractivity contribution >= 4 is 23.1 Å². The van der Waals surface area contributed by atoms with Gasteiger partial charge >= 0.3 is 6.18 Å². The van der Waals surface area contributed by atoms with Gasteiger partial charge in [0.2, 0.25) is 5.88 Å². The molecule has 3 aliphatic rings. The number of alkyl halides is 3. The van der Waals surface area contributed by atoms with Gasteiger partial charge in [0, 0.05) is 30.9 Å². The molecule has 5 rings (SSSR count). The number of amides is 1. The number of halogens is 5. The molecule has 1 spiro atoms. The number of rotatable bonds is 8. The smallest absolute Gasteiger partial charge is 0.392 e. The highest BCUT2D eigenvalue weighted by molar-refractivity contribution is 6.08. The molecule has 1 aromatic carbocycles. The summed E-state index contributed by atoms with van der Waals surface area (Å²) >= 11 is 0. The van der Waals surface area contributed by atoms with E-state index in [1.807, 2.05) is 6.07 Å². The average Bonchev–Trinajstić information content (AvgIpc) is 3.59. The topological polar surface area (TPSA) is 66.5 Å². The summed E-state index contributed by atoms with van der Waals surface area (Å²) in [5.41, 5.74) is 2.53. The van der Waals surface area contributed by atoms with Gasteiger partial charge in [-0.2, -0.15) is 26.9 Å². The lowest BCUT2D eigenvalue weighted by Crippen LogP contribution is -2.36.